The number of nitrogens with zero attached hydrogens (tertiary/aromatic N) is 1. The molecule has 5 rings (SSSR count). The molecule has 4 heterocycles. The van der Waals surface area contributed by atoms with Crippen LogP contribution in [0.15, 0.2) is 59.0 Å². The number of thiophene rings is 1. The van der Waals surface area contributed by atoms with Gasteiger partial charge in [0.2, 0.25) is 0 Å². The predicted octanol–water partition coefficient (Wildman–Crippen LogP) is 4.74. The van der Waals surface area contributed by atoms with Gasteiger partial charge in [0.05, 0.1) is 17.7 Å². The number of aryl methyl sites for hydroxylation is 1. The van der Waals surface area contributed by atoms with Gasteiger partial charge in [-0.15, -0.1) is 11.3 Å². The SMILES string of the molecule is Cc1cncc(C#Cc2ccc3[nH]c(=O)c(-c4cccs4)c(OCC4CCNCC4)c3c2)c1. The van der Waals surface area contributed by atoms with E-state index in [4.69, 9.17) is 4.74 Å². The number of benzene rings is 1. The van der Waals surface area contributed by atoms with Crippen LogP contribution < -0.4 is 15.6 Å². The lowest BCUT2D eigenvalue weighted by Gasteiger charge is -2.23. The molecular formula is C27H25N3O2S. The number of aromatic amines is 1. The number of ether oxygens (including phenoxy) is 1. The first-order valence-electron chi connectivity index (χ1n) is 11.2. The van der Waals surface area contributed by atoms with E-state index >= 15 is 0 Å². The van der Waals surface area contributed by atoms with Crippen molar-refractivity contribution in [2.45, 2.75) is 19.8 Å². The van der Waals surface area contributed by atoms with Gasteiger partial charge in [0.1, 0.15) is 5.75 Å². The normalized spacial score (nSPS) is 14.1. The quantitative estimate of drug-likeness (QED) is 0.436. The molecule has 33 heavy (non-hydrogen) atoms. The van der Waals surface area contributed by atoms with Crippen molar-refractivity contribution < 1.29 is 4.74 Å². The van der Waals surface area contributed by atoms with Crippen LogP contribution in [0.1, 0.15) is 29.5 Å². The van der Waals surface area contributed by atoms with Crippen molar-refractivity contribution >= 4 is 22.2 Å². The van der Waals surface area contributed by atoms with E-state index in [1.165, 1.54) is 0 Å². The number of piperidine rings is 1. The van der Waals surface area contributed by atoms with Gasteiger partial charge in [-0.1, -0.05) is 17.9 Å². The van der Waals surface area contributed by atoms with Crippen molar-refractivity contribution in [3.63, 3.8) is 0 Å². The Bertz CT molecular complexity index is 1390. The van der Waals surface area contributed by atoms with Crippen molar-refractivity contribution in [1.29, 1.82) is 0 Å². The van der Waals surface area contributed by atoms with Gasteiger partial charge in [-0.2, -0.15) is 0 Å². The van der Waals surface area contributed by atoms with E-state index in [0.29, 0.717) is 23.8 Å². The molecule has 0 aliphatic carbocycles. The van der Waals surface area contributed by atoms with Gasteiger partial charge in [-0.05, 0) is 80.0 Å². The topological polar surface area (TPSA) is 67.0 Å². The summed E-state index contributed by atoms with van der Waals surface area (Å²) in [7, 11) is 0. The molecule has 0 unspecified atom stereocenters. The lowest BCUT2D eigenvalue weighted by Crippen LogP contribution is -2.30. The second-order valence-electron chi connectivity index (χ2n) is 8.40. The molecule has 1 saturated heterocycles. The highest BCUT2D eigenvalue weighted by Gasteiger charge is 2.20. The Morgan fingerprint density at radius 3 is 2.76 bits per heavy atom. The number of aromatic nitrogens is 2. The smallest absolute Gasteiger partial charge is 0.260 e. The predicted molar refractivity (Wildman–Crippen MR) is 134 cm³/mol. The average molecular weight is 456 g/mol. The number of nitrogens with one attached hydrogen (secondary N) is 2. The van der Waals surface area contributed by atoms with Gasteiger partial charge >= 0.3 is 0 Å². The van der Waals surface area contributed by atoms with Gasteiger partial charge in [-0.25, -0.2) is 0 Å². The first-order chi connectivity index (χ1) is 16.2. The van der Waals surface area contributed by atoms with Crippen LogP contribution >= 0.6 is 11.3 Å². The molecule has 3 aromatic heterocycles. The first-order valence-corrected chi connectivity index (χ1v) is 12.1. The number of pyridine rings is 2. The summed E-state index contributed by atoms with van der Waals surface area (Å²) in [4.78, 5) is 21.2. The Hall–Kier alpha value is -3.40. The van der Waals surface area contributed by atoms with Crippen LogP contribution in [0.25, 0.3) is 21.3 Å². The largest absolute Gasteiger partial charge is 0.492 e. The summed E-state index contributed by atoms with van der Waals surface area (Å²) in [6.45, 7) is 4.62. The maximum absolute atomic E-state index is 13.1. The number of hydrogen-bond donors (Lipinski definition) is 2. The van der Waals surface area contributed by atoms with Crippen molar-refractivity contribution in [2.75, 3.05) is 19.7 Å². The average Bonchev–Trinajstić information content (AvgIpc) is 3.36. The highest BCUT2D eigenvalue weighted by Crippen LogP contribution is 2.36. The summed E-state index contributed by atoms with van der Waals surface area (Å²) in [5.74, 6) is 7.56. The van der Waals surface area contributed by atoms with Crippen LogP contribution in [-0.4, -0.2) is 29.7 Å². The third-order valence-electron chi connectivity index (χ3n) is 5.88. The third kappa shape index (κ3) is 4.85. The van der Waals surface area contributed by atoms with E-state index in [1.807, 2.05) is 54.9 Å². The minimum atomic E-state index is -0.130. The van der Waals surface area contributed by atoms with E-state index in [9.17, 15) is 4.79 Å². The number of rotatable bonds is 4. The minimum absolute atomic E-state index is 0.130. The fourth-order valence-corrected chi connectivity index (χ4v) is 4.92. The van der Waals surface area contributed by atoms with Crippen molar-refractivity contribution in [2.24, 2.45) is 5.92 Å². The molecule has 1 fully saturated rings. The van der Waals surface area contributed by atoms with Gasteiger partial charge < -0.3 is 15.0 Å². The van der Waals surface area contributed by atoms with Crippen LogP contribution in [0.4, 0.5) is 0 Å². The van der Waals surface area contributed by atoms with E-state index < -0.39 is 0 Å². The second-order valence-corrected chi connectivity index (χ2v) is 9.35. The standard InChI is InChI=1S/C27H25N3O2S/c1-18-13-21(16-29-15-18)5-4-19-6-7-23-22(14-19)26(32-17-20-8-10-28-11-9-20)25(27(31)30-23)24-3-2-12-33-24/h2-3,6-7,12-16,20,28H,8-11,17H2,1H3,(H,30,31). The third-order valence-corrected chi connectivity index (χ3v) is 6.77. The molecule has 166 valence electrons. The molecule has 1 aliphatic heterocycles. The Kier molecular flexibility index (Phi) is 6.25. The maximum atomic E-state index is 13.1. The molecule has 1 aromatic carbocycles. The van der Waals surface area contributed by atoms with Crippen molar-refractivity contribution in [3.8, 4) is 28.0 Å². The molecule has 0 radical (unpaired) electrons. The summed E-state index contributed by atoms with van der Waals surface area (Å²) in [5, 5.41) is 6.25. The van der Waals surface area contributed by atoms with Crippen molar-refractivity contribution in [1.82, 2.24) is 15.3 Å². The number of fused-ring (bicyclic) bond motifs is 1. The maximum Gasteiger partial charge on any atom is 0.260 e. The highest BCUT2D eigenvalue weighted by atomic mass is 32.1. The van der Waals surface area contributed by atoms with Crippen LogP contribution in [-0.2, 0) is 0 Å². The summed E-state index contributed by atoms with van der Waals surface area (Å²) in [6.07, 6.45) is 5.74. The molecule has 5 nitrogen and oxygen atoms in total. The summed E-state index contributed by atoms with van der Waals surface area (Å²) in [6, 6.07) is 11.8. The van der Waals surface area contributed by atoms with E-state index in [0.717, 1.165) is 58.4 Å². The van der Waals surface area contributed by atoms with Crippen LogP contribution in [0, 0.1) is 24.7 Å². The highest BCUT2D eigenvalue weighted by molar-refractivity contribution is 7.13. The van der Waals surface area contributed by atoms with E-state index in [1.54, 1.807) is 17.5 Å². The Morgan fingerprint density at radius 2 is 1.97 bits per heavy atom. The van der Waals surface area contributed by atoms with Gasteiger partial charge in [0, 0.05) is 33.8 Å². The van der Waals surface area contributed by atoms with Gasteiger partial charge in [0.15, 0.2) is 0 Å². The molecule has 0 amide bonds. The lowest BCUT2D eigenvalue weighted by atomic mass is 9.99. The Balaban J connectivity index is 1.58. The van der Waals surface area contributed by atoms with E-state index in [-0.39, 0.29) is 5.56 Å². The number of H-pyrrole nitrogens is 1. The summed E-state index contributed by atoms with van der Waals surface area (Å²) >= 11 is 1.54. The fraction of sp³-hybridized carbons (Fsp3) is 0.259. The molecule has 0 saturated carbocycles. The molecule has 0 spiro atoms. The monoisotopic (exact) mass is 455 g/mol. The Morgan fingerprint density at radius 1 is 1.12 bits per heavy atom. The van der Waals surface area contributed by atoms with Crippen molar-refractivity contribution in [3.05, 3.63) is 81.2 Å². The Labute approximate surface area is 196 Å². The molecule has 6 heteroatoms. The van der Waals surface area contributed by atoms with Crippen LogP contribution in [0.2, 0.25) is 0 Å². The fourth-order valence-electron chi connectivity index (χ4n) is 4.15. The van der Waals surface area contributed by atoms with Gasteiger partial charge in [0.25, 0.3) is 5.56 Å². The van der Waals surface area contributed by atoms with E-state index in [2.05, 4.69) is 27.1 Å². The summed E-state index contributed by atoms with van der Waals surface area (Å²) in [5.41, 5.74) is 4.03. The zero-order chi connectivity index (χ0) is 22.6. The zero-order valence-corrected chi connectivity index (χ0v) is 19.3. The second kappa shape index (κ2) is 9.62. The summed E-state index contributed by atoms with van der Waals surface area (Å²) < 4.78 is 6.43. The molecule has 0 bridgehead atoms. The molecule has 0 atom stereocenters. The van der Waals surface area contributed by atoms with Crippen LogP contribution in [0.5, 0.6) is 5.75 Å². The molecule has 4 aromatic rings. The van der Waals surface area contributed by atoms with Crippen LogP contribution in [0.3, 0.4) is 0 Å². The lowest BCUT2D eigenvalue weighted by molar-refractivity contribution is 0.217. The van der Waals surface area contributed by atoms with Gasteiger partial charge in [-0.3, -0.25) is 9.78 Å². The first kappa shape index (κ1) is 21.4. The molecular weight excluding hydrogens is 430 g/mol. The minimum Gasteiger partial charge on any atom is -0.492 e. The molecule has 2 N–H and O–H groups in total. The number of hydrogen-bond acceptors (Lipinski definition) is 5. The molecule has 1 aliphatic rings. The zero-order valence-electron chi connectivity index (χ0n) is 18.5.